The summed E-state index contributed by atoms with van der Waals surface area (Å²) in [4.78, 5) is 15.5. The predicted molar refractivity (Wildman–Crippen MR) is 60.5 cm³/mol. The number of carbonyl (C=O) groups excluding carboxylic acids is 1. The molecule has 0 spiro atoms. The average molecular weight is 207 g/mol. The maximum absolute atomic E-state index is 11.6. The molecule has 0 aliphatic rings. The maximum Gasteiger partial charge on any atom is 0.241 e. The summed E-state index contributed by atoms with van der Waals surface area (Å²) in [5.41, 5.74) is 7.41. The van der Waals surface area contributed by atoms with Crippen LogP contribution in [0.3, 0.4) is 0 Å². The fraction of sp³-hybridized carbons (Fsp3) is 0.455. The van der Waals surface area contributed by atoms with Gasteiger partial charge in [-0.05, 0) is 25.0 Å². The van der Waals surface area contributed by atoms with Crippen LogP contribution in [0.5, 0.6) is 0 Å². The first-order valence-electron chi connectivity index (χ1n) is 5.12. The lowest BCUT2D eigenvalue weighted by Crippen LogP contribution is -2.35. The summed E-state index contributed by atoms with van der Waals surface area (Å²) < 4.78 is 0. The van der Waals surface area contributed by atoms with Gasteiger partial charge >= 0.3 is 0 Å². The van der Waals surface area contributed by atoms with Crippen molar-refractivity contribution in [3.05, 3.63) is 24.0 Å². The van der Waals surface area contributed by atoms with Crippen molar-refractivity contribution in [2.45, 2.75) is 32.7 Å². The van der Waals surface area contributed by atoms with E-state index in [0.717, 1.165) is 17.7 Å². The quantitative estimate of drug-likeness (QED) is 0.785. The van der Waals surface area contributed by atoms with Crippen molar-refractivity contribution in [3.63, 3.8) is 0 Å². The number of nitrogens with one attached hydrogen (secondary N) is 1. The minimum atomic E-state index is -0.436. The summed E-state index contributed by atoms with van der Waals surface area (Å²) in [6.45, 7) is 3.92. The van der Waals surface area contributed by atoms with E-state index in [-0.39, 0.29) is 5.91 Å². The van der Waals surface area contributed by atoms with Crippen LogP contribution in [0.4, 0.5) is 5.69 Å². The zero-order valence-corrected chi connectivity index (χ0v) is 9.16. The lowest BCUT2D eigenvalue weighted by Gasteiger charge is -2.12. The van der Waals surface area contributed by atoms with Gasteiger partial charge in [-0.1, -0.05) is 13.3 Å². The number of nitrogens with two attached hydrogens (primary N) is 1. The van der Waals surface area contributed by atoms with Crippen molar-refractivity contribution in [2.75, 3.05) is 5.32 Å². The summed E-state index contributed by atoms with van der Waals surface area (Å²) in [5.74, 6) is -0.145. The molecule has 0 radical (unpaired) electrons. The van der Waals surface area contributed by atoms with Gasteiger partial charge in [-0.2, -0.15) is 0 Å². The Kier molecular flexibility index (Phi) is 4.24. The summed E-state index contributed by atoms with van der Waals surface area (Å²) in [6, 6.07) is 1.41. The molecule has 0 saturated heterocycles. The molecule has 1 atom stereocenters. The molecule has 0 saturated carbocycles. The first kappa shape index (κ1) is 11.7. The summed E-state index contributed by atoms with van der Waals surface area (Å²) >= 11 is 0. The van der Waals surface area contributed by atoms with Crippen LogP contribution in [0.15, 0.2) is 18.5 Å². The maximum atomic E-state index is 11.6. The predicted octanol–water partition coefficient (Wildman–Crippen LogP) is 1.46. The third-order valence-electron chi connectivity index (χ3n) is 2.23. The number of pyridine rings is 1. The Hall–Kier alpha value is -1.42. The highest BCUT2D eigenvalue weighted by Crippen LogP contribution is 2.11. The van der Waals surface area contributed by atoms with E-state index < -0.39 is 6.04 Å². The van der Waals surface area contributed by atoms with Gasteiger partial charge in [0.1, 0.15) is 0 Å². The van der Waals surface area contributed by atoms with Crippen LogP contribution in [-0.2, 0) is 4.79 Å². The smallest absolute Gasteiger partial charge is 0.241 e. The fourth-order valence-electron chi connectivity index (χ4n) is 1.26. The molecular formula is C11H17N3O. The molecule has 1 aromatic rings. The minimum absolute atomic E-state index is 0.145. The van der Waals surface area contributed by atoms with Gasteiger partial charge in [-0.25, -0.2) is 0 Å². The van der Waals surface area contributed by atoms with Gasteiger partial charge in [0.05, 0.1) is 17.9 Å². The van der Waals surface area contributed by atoms with E-state index in [4.69, 9.17) is 5.73 Å². The second kappa shape index (κ2) is 5.46. The topological polar surface area (TPSA) is 68.0 Å². The summed E-state index contributed by atoms with van der Waals surface area (Å²) in [7, 11) is 0. The molecule has 0 bridgehead atoms. The molecule has 15 heavy (non-hydrogen) atoms. The van der Waals surface area contributed by atoms with E-state index in [2.05, 4.69) is 10.3 Å². The normalized spacial score (nSPS) is 12.2. The zero-order chi connectivity index (χ0) is 11.3. The van der Waals surface area contributed by atoms with E-state index in [1.165, 1.54) is 0 Å². The van der Waals surface area contributed by atoms with Gasteiger partial charge in [0, 0.05) is 6.20 Å². The lowest BCUT2D eigenvalue weighted by atomic mass is 10.1. The van der Waals surface area contributed by atoms with Gasteiger partial charge in [0.15, 0.2) is 0 Å². The molecule has 0 unspecified atom stereocenters. The standard InChI is InChI=1S/C11H17N3O/c1-3-4-9(12)11(15)14-10-7-13-6-5-8(10)2/h5-7,9H,3-4,12H2,1-2H3,(H,14,15)/t9-/m0/s1. The molecule has 0 aliphatic heterocycles. The van der Waals surface area contributed by atoms with Crippen LogP contribution in [0.25, 0.3) is 0 Å². The van der Waals surface area contributed by atoms with E-state index >= 15 is 0 Å². The number of hydrogen-bond donors (Lipinski definition) is 2. The largest absolute Gasteiger partial charge is 0.323 e. The first-order chi connectivity index (χ1) is 7.15. The van der Waals surface area contributed by atoms with E-state index in [1.807, 2.05) is 19.9 Å². The molecule has 0 fully saturated rings. The summed E-state index contributed by atoms with van der Waals surface area (Å²) in [6.07, 6.45) is 4.93. The van der Waals surface area contributed by atoms with Gasteiger partial charge in [0.2, 0.25) is 5.91 Å². The van der Waals surface area contributed by atoms with Crippen molar-refractivity contribution in [1.29, 1.82) is 0 Å². The van der Waals surface area contributed by atoms with Gasteiger partial charge in [-0.3, -0.25) is 9.78 Å². The van der Waals surface area contributed by atoms with Crippen molar-refractivity contribution in [3.8, 4) is 0 Å². The fourth-order valence-corrected chi connectivity index (χ4v) is 1.26. The molecule has 4 heteroatoms. The van der Waals surface area contributed by atoms with Crippen LogP contribution in [0, 0.1) is 6.92 Å². The van der Waals surface area contributed by atoms with Gasteiger partial charge < -0.3 is 11.1 Å². The summed E-state index contributed by atoms with van der Waals surface area (Å²) in [5, 5.41) is 2.77. The van der Waals surface area contributed by atoms with Crippen LogP contribution >= 0.6 is 0 Å². The molecule has 82 valence electrons. The van der Waals surface area contributed by atoms with Gasteiger partial charge in [-0.15, -0.1) is 0 Å². The molecule has 3 N–H and O–H groups in total. The Bertz CT molecular complexity index is 338. The second-order valence-corrected chi connectivity index (χ2v) is 3.58. The highest BCUT2D eigenvalue weighted by atomic mass is 16.2. The van der Waals surface area contributed by atoms with Crippen molar-refractivity contribution >= 4 is 11.6 Å². The van der Waals surface area contributed by atoms with Crippen LogP contribution in [0.2, 0.25) is 0 Å². The van der Waals surface area contributed by atoms with E-state index in [1.54, 1.807) is 12.4 Å². The van der Waals surface area contributed by atoms with Crippen molar-refractivity contribution in [2.24, 2.45) is 5.73 Å². The number of aryl methyl sites for hydroxylation is 1. The lowest BCUT2D eigenvalue weighted by molar-refractivity contribution is -0.117. The molecule has 0 aromatic carbocycles. The molecule has 0 aliphatic carbocycles. The zero-order valence-electron chi connectivity index (χ0n) is 9.16. The number of amides is 1. The number of anilines is 1. The van der Waals surface area contributed by atoms with Crippen molar-refractivity contribution in [1.82, 2.24) is 4.98 Å². The van der Waals surface area contributed by atoms with E-state index in [0.29, 0.717) is 6.42 Å². The Morgan fingerprint density at radius 1 is 1.67 bits per heavy atom. The monoisotopic (exact) mass is 207 g/mol. The molecule has 1 rings (SSSR count). The highest BCUT2D eigenvalue weighted by molar-refractivity contribution is 5.95. The molecular weight excluding hydrogens is 190 g/mol. The second-order valence-electron chi connectivity index (χ2n) is 3.58. The minimum Gasteiger partial charge on any atom is -0.323 e. The SMILES string of the molecule is CCC[C@H](N)C(=O)Nc1cnccc1C. The highest BCUT2D eigenvalue weighted by Gasteiger charge is 2.12. The number of rotatable bonds is 4. The Morgan fingerprint density at radius 3 is 3.00 bits per heavy atom. The number of nitrogens with zero attached hydrogens (tertiary/aromatic N) is 1. The average Bonchev–Trinajstić information content (AvgIpc) is 2.21. The third kappa shape index (κ3) is 3.32. The molecule has 1 heterocycles. The number of carbonyl (C=O) groups is 1. The molecule has 1 amide bonds. The Labute approximate surface area is 89.9 Å². The third-order valence-corrected chi connectivity index (χ3v) is 2.23. The molecule has 4 nitrogen and oxygen atoms in total. The molecule has 1 aromatic heterocycles. The van der Waals surface area contributed by atoms with E-state index in [9.17, 15) is 4.79 Å². The Balaban J connectivity index is 2.62. The van der Waals surface area contributed by atoms with Gasteiger partial charge in [0.25, 0.3) is 0 Å². The van der Waals surface area contributed by atoms with Crippen molar-refractivity contribution < 1.29 is 4.79 Å². The van der Waals surface area contributed by atoms with Crippen LogP contribution in [0.1, 0.15) is 25.3 Å². The first-order valence-corrected chi connectivity index (χ1v) is 5.12. The number of hydrogen-bond acceptors (Lipinski definition) is 3. The Morgan fingerprint density at radius 2 is 2.40 bits per heavy atom. The van der Waals surface area contributed by atoms with Crippen LogP contribution < -0.4 is 11.1 Å². The van der Waals surface area contributed by atoms with Crippen LogP contribution in [-0.4, -0.2) is 16.9 Å². The number of aromatic nitrogens is 1.